The van der Waals surface area contributed by atoms with Gasteiger partial charge in [0, 0.05) is 16.7 Å². The monoisotopic (exact) mass is 347 g/mol. The second-order valence-corrected chi connectivity index (χ2v) is 6.24. The third-order valence-corrected chi connectivity index (χ3v) is 4.56. The maximum Gasteiger partial charge on any atom is 0.337 e. The lowest BCUT2D eigenvalue weighted by atomic mass is 9.76. The number of aliphatic imine (C=N–C) groups is 1. The van der Waals surface area contributed by atoms with Crippen LogP contribution in [0.4, 0.5) is 0 Å². The maximum absolute atomic E-state index is 12.6. The Morgan fingerprint density at radius 1 is 1.42 bits per heavy atom. The summed E-state index contributed by atoms with van der Waals surface area (Å²) < 4.78 is 10.5. The molecule has 1 aromatic carbocycles. The minimum atomic E-state index is -0.680. The van der Waals surface area contributed by atoms with Crippen LogP contribution in [0.2, 0.25) is 5.02 Å². The first-order chi connectivity index (χ1) is 11.5. The topological polar surface area (TPSA) is 65.0 Å². The van der Waals surface area contributed by atoms with Crippen LogP contribution < -0.4 is 0 Å². The van der Waals surface area contributed by atoms with Gasteiger partial charge in [0.15, 0.2) is 0 Å². The molecule has 0 bridgehead atoms. The van der Waals surface area contributed by atoms with Gasteiger partial charge in [0.1, 0.15) is 12.5 Å². The lowest BCUT2D eigenvalue weighted by Crippen LogP contribution is -2.35. The molecule has 0 aliphatic carbocycles. The molecule has 0 aromatic heterocycles. The zero-order chi connectivity index (χ0) is 17.3. The molecule has 2 unspecified atom stereocenters. The predicted octanol–water partition coefficient (Wildman–Crippen LogP) is 3.28. The first-order valence-corrected chi connectivity index (χ1v) is 8.28. The van der Waals surface area contributed by atoms with Gasteiger partial charge >= 0.3 is 11.9 Å². The molecule has 0 fully saturated rings. The summed E-state index contributed by atoms with van der Waals surface area (Å²) in [6.07, 6.45) is 0.724. The van der Waals surface area contributed by atoms with E-state index in [2.05, 4.69) is 4.99 Å². The van der Waals surface area contributed by atoms with E-state index in [0.717, 1.165) is 6.42 Å². The highest BCUT2D eigenvalue weighted by molar-refractivity contribution is 6.31. The van der Waals surface area contributed by atoms with Crippen molar-refractivity contribution in [2.24, 2.45) is 10.9 Å². The Morgan fingerprint density at radius 3 is 2.88 bits per heavy atom. The number of carbonyl (C=O) groups is 2. The van der Waals surface area contributed by atoms with Gasteiger partial charge in [-0.25, -0.2) is 4.79 Å². The molecule has 0 N–H and O–H groups in total. The molecule has 0 saturated carbocycles. The van der Waals surface area contributed by atoms with Crippen LogP contribution in [0.25, 0.3) is 0 Å². The number of nitrogens with zero attached hydrogens (tertiary/aromatic N) is 1. The summed E-state index contributed by atoms with van der Waals surface area (Å²) in [7, 11) is 0. The first kappa shape index (κ1) is 16.7. The van der Waals surface area contributed by atoms with Crippen LogP contribution in [0, 0.1) is 5.92 Å². The van der Waals surface area contributed by atoms with E-state index < -0.39 is 23.8 Å². The van der Waals surface area contributed by atoms with Gasteiger partial charge in [0.05, 0.1) is 17.9 Å². The Balaban J connectivity index is 2.10. The van der Waals surface area contributed by atoms with Gasteiger partial charge in [0.25, 0.3) is 0 Å². The second-order valence-electron chi connectivity index (χ2n) is 5.83. The van der Waals surface area contributed by atoms with Crippen LogP contribution in [0.15, 0.2) is 40.5 Å². The average molecular weight is 348 g/mol. The minimum absolute atomic E-state index is 0.128. The van der Waals surface area contributed by atoms with Crippen molar-refractivity contribution in [2.75, 3.05) is 13.2 Å². The van der Waals surface area contributed by atoms with Gasteiger partial charge in [-0.1, -0.05) is 36.7 Å². The van der Waals surface area contributed by atoms with Crippen LogP contribution in [0.3, 0.4) is 0 Å². The molecule has 5 nitrogen and oxygen atoms in total. The summed E-state index contributed by atoms with van der Waals surface area (Å²) in [5.41, 5.74) is 2.30. The first-order valence-electron chi connectivity index (χ1n) is 7.91. The highest BCUT2D eigenvalue weighted by Gasteiger charge is 2.46. The second kappa shape index (κ2) is 6.77. The Labute approximate surface area is 145 Å². The summed E-state index contributed by atoms with van der Waals surface area (Å²) >= 11 is 6.35. The standard InChI is InChI=1S/C18H18ClNO4/c1-3-8-23-17(21)14-10(2)20-13-9-24-18(22)16(13)15(14)11-6-4-5-7-12(11)19/h4-7,14-15H,3,8-9H2,1-2H3. The summed E-state index contributed by atoms with van der Waals surface area (Å²) in [5.74, 6) is -2.06. The molecule has 2 aliphatic heterocycles. The number of esters is 2. The van der Waals surface area contributed by atoms with E-state index in [-0.39, 0.29) is 6.61 Å². The third kappa shape index (κ3) is 2.84. The summed E-state index contributed by atoms with van der Waals surface area (Å²) in [6.45, 7) is 4.15. The summed E-state index contributed by atoms with van der Waals surface area (Å²) in [6, 6.07) is 7.20. The van der Waals surface area contributed by atoms with E-state index in [1.807, 2.05) is 25.1 Å². The molecule has 2 atom stereocenters. The molecule has 24 heavy (non-hydrogen) atoms. The van der Waals surface area contributed by atoms with E-state index in [4.69, 9.17) is 21.1 Å². The van der Waals surface area contributed by atoms with Gasteiger partial charge in [0.2, 0.25) is 0 Å². The van der Waals surface area contributed by atoms with Crippen molar-refractivity contribution in [3.8, 4) is 0 Å². The summed E-state index contributed by atoms with van der Waals surface area (Å²) in [4.78, 5) is 29.3. The minimum Gasteiger partial charge on any atom is -0.465 e. The largest absolute Gasteiger partial charge is 0.465 e. The number of rotatable bonds is 4. The Kier molecular flexibility index (Phi) is 4.71. The van der Waals surface area contributed by atoms with Crippen molar-refractivity contribution < 1.29 is 19.1 Å². The third-order valence-electron chi connectivity index (χ3n) is 4.22. The number of ether oxygens (including phenoxy) is 2. The van der Waals surface area contributed by atoms with Gasteiger partial charge in [-0.15, -0.1) is 0 Å². The zero-order valence-electron chi connectivity index (χ0n) is 13.5. The molecule has 0 saturated heterocycles. The smallest absolute Gasteiger partial charge is 0.337 e. The molecular weight excluding hydrogens is 330 g/mol. The van der Waals surface area contributed by atoms with E-state index in [1.165, 1.54) is 0 Å². The number of carbonyl (C=O) groups excluding carboxylic acids is 2. The van der Waals surface area contributed by atoms with Crippen molar-refractivity contribution in [3.63, 3.8) is 0 Å². The van der Waals surface area contributed by atoms with E-state index >= 15 is 0 Å². The van der Waals surface area contributed by atoms with Gasteiger partial charge in [-0.05, 0) is 25.0 Å². The van der Waals surface area contributed by atoms with Crippen LogP contribution in [-0.4, -0.2) is 30.9 Å². The Morgan fingerprint density at radius 2 is 2.17 bits per heavy atom. The quantitative estimate of drug-likeness (QED) is 0.784. The highest BCUT2D eigenvalue weighted by Crippen LogP contribution is 2.44. The van der Waals surface area contributed by atoms with Crippen LogP contribution in [-0.2, 0) is 19.1 Å². The maximum atomic E-state index is 12.6. The van der Waals surface area contributed by atoms with Gasteiger partial charge in [-0.2, -0.15) is 0 Å². The Bertz CT molecular complexity index is 753. The van der Waals surface area contributed by atoms with E-state index in [1.54, 1.807) is 13.0 Å². The molecule has 2 heterocycles. The molecule has 2 aliphatic rings. The molecule has 6 heteroatoms. The molecule has 0 spiro atoms. The molecule has 0 amide bonds. The molecular formula is C18H18ClNO4. The number of hydrogen-bond acceptors (Lipinski definition) is 5. The SMILES string of the molecule is CCCOC(=O)C1C(C)=NC2=C(C(=O)OC2)C1c1ccccc1Cl. The highest BCUT2D eigenvalue weighted by atomic mass is 35.5. The van der Waals surface area contributed by atoms with Gasteiger partial charge in [-0.3, -0.25) is 9.79 Å². The molecule has 3 rings (SSSR count). The number of cyclic esters (lactones) is 1. The summed E-state index contributed by atoms with van der Waals surface area (Å²) in [5, 5.41) is 0.497. The fourth-order valence-electron chi connectivity index (χ4n) is 3.16. The molecule has 0 radical (unpaired) electrons. The molecule has 126 valence electrons. The lowest BCUT2D eigenvalue weighted by Gasteiger charge is -2.29. The van der Waals surface area contributed by atoms with Crippen molar-refractivity contribution in [1.29, 1.82) is 0 Å². The van der Waals surface area contributed by atoms with Crippen LogP contribution in [0.5, 0.6) is 0 Å². The van der Waals surface area contributed by atoms with E-state index in [0.29, 0.717) is 34.2 Å². The fourth-order valence-corrected chi connectivity index (χ4v) is 3.41. The van der Waals surface area contributed by atoms with Crippen molar-refractivity contribution in [2.45, 2.75) is 26.2 Å². The van der Waals surface area contributed by atoms with Crippen molar-refractivity contribution in [1.82, 2.24) is 0 Å². The normalized spacial score (nSPS) is 22.8. The van der Waals surface area contributed by atoms with Crippen molar-refractivity contribution in [3.05, 3.63) is 46.1 Å². The van der Waals surface area contributed by atoms with Crippen LogP contribution >= 0.6 is 11.6 Å². The fraction of sp³-hybridized carbons (Fsp3) is 0.389. The van der Waals surface area contributed by atoms with E-state index in [9.17, 15) is 9.59 Å². The number of benzene rings is 1. The molecule has 1 aromatic rings. The number of hydrogen-bond donors (Lipinski definition) is 0. The lowest BCUT2D eigenvalue weighted by molar-refractivity contribution is -0.146. The van der Waals surface area contributed by atoms with Crippen molar-refractivity contribution >= 4 is 29.3 Å². The predicted molar refractivity (Wildman–Crippen MR) is 90.0 cm³/mol. The number of halogens is 1. The van der Waals surface area contributed by atoms with Crippen LogP contribution in [0.1, 0.15) is 31.7 Å². The Hall–Kier alpha value is -2.14. The van der Waals surface area contributed by atoms with Gasteiger partial charge < -0.3 is 9.47 Å². The average Bonchev–Trinajstić information content (AvgIpc) is 2.92. The zero-order valence-corrected chi connectivity index (χ0v) is 14.3.